The Morgan fingerprint density at radius 3 is 2.41 bits per heavy atom. The average molecular weight is 267 g/mol. The standard InChI is InChI=1S/C12H8Cl2N2O/c13-8-5-9(14)7-10(6-8)16-12(17)11-3-1-2-4-15-11/h1-7H,(H,16,17). The number of aromatic nitrogens is 1. The molecule has 1 aromatic heterocycles. The third-order valence-electron chi connectivity index (χ3n) is 2.02. The van der Waals surface area contributed by atoms with E-state index in [9.17, 15) is 4.79 Å². The second kappa shape index (κ2) is 5.17. The highest BCUT2D eigenvalue weighted by atomic mass is 35.5. The molecule has 86 valence electrons. The van der Waals surface area contributed by atoms with Gasteiger partial charge in [0.2, 0.25) is 0 Å². The van der Waals surface area contributed by atoms with Crippen molar-refractivity contribution in [2.24, 2.45) is 0 Å². The molecular formula is C12H8Cl2N2O. The molecule has 2 rings (SSSR count). The number of pyridine rings is 1. The minimum atomic E-state index is -0.302. The second-order valence-electron chi connectivity index (χ2n) is 3.33. The van der Waals surface area contributed by atoms with Crippen LogP contribution < -0.4 is 5.32 Å². The van der Waals surface area contributed by atoms with E-state index in [1.54, 1.807) is 42.6 Å². The predicted octanol–water partition coefficient (Wildman–Crippen LogP) is 3.64. The summed E-state index contributed by atoms with van der Waals surface area (Å²) < 4.78 is 0. The number of anilines is 1. The number of hydrogen-bond donors (Lipinski definition) is 1. The van der Waals surface area contributed by atoms with Crippen LogP contribution >= 0.6 is 23.2 Å². The van der Waals surface area contributed by atoms with Gasteiger partial charge in [-0.15, -0.1) is 0 Å². The zero-order valence-electron chi connectivity index (χ0n) is 8.65. The first-order chi connectivity index (χ1) is 8.15. The Morgan fingerprint density at radius 2 is 1.82 bits per heavy atom. The Labute approximate surface area is 108 Å². The first-order valence-electron chi connectivity index (χ1n) is 4.83. The molecule has 0 spiro atoms. The Bertz CT molecular complexity index is 523. The van der Waals surface area contributed by atoms with Gasteiger partial charge in [0.15, 0.2) is 0 Å². The van der Waals surface area contributed by atoms with Gasteiger partial charge in [-0.3, -0.25) is 9.78 Å². The van der Waals surface area contributed by atoms with Crippen molar-refractivity contribution in [3.8, 4) is 0 Å². The molecule has 0 unspecified atom stereocenters. The van der Waals surface area contributed by atoms with Crippen LogP contribution in [0.2, 0.25) is 10.0 Å². The van der Waals surface area contributed by atoms with E-state index in [1.165, 1.54) is 0 Å². The lowest BCUT2D eigenvalue weighted by Gasteiger charge is -2.05. The maximum atomic E-state index is 11.8. The summed E-state index contributed by atoms with van der Waals surface area (Å²) >= 11 is 11.7. The molecule has 0 atom stereocenters. The summed E-state index contributed by atoms with van der Waals surface area (Å²) in [6, 6.07) is 9.95. The van der Waals surface area contributed by atoms with Gasteiger partial charge in [0.25, 0.3) is 5.91 Å². The molecule has 1 amide bonds. The Kier molecular flexibility index (Phi) is 3.61. The van der Waals surface area contributed by atoms with E-state index >= 15 is 0 Å². The topological polar surface area (TPSA) is 42.0 Å². The van der Waals surface area contributed by atoms with Crippen LogP contribution in [0, 0.1) is 0 Å². The molecular weight excluding hydrogens is 259 g/mol. The number of nitrogens with one attached hydrogen (secondary N) is 1. The first-order valence-corrected chi connectivity index (χ1v) is 5.59. The summed E-state index contributed by atoms with van der Waals surface area (Å²) in [6.07, 6.45) is 1.56. The van der Waals surface area contributed by atoms with Crippen LogP contribution in [0.15, 0.2) is 42.6 Å². The molecule has 5 heteroatoms. The fraction of sp³-hybridized carbons (Fsp3) is 0. The average Bonchev–Trinajstić information content (AvgIpc) is 2.28. The molecule has 0 bridgehead atoms. The van der Waals surface area contributed by atoms with Crippen LogP contribution in [-0.2, 0) is 0 Å². The highest BCUT2D eigenvalue weighted by Gasteiger charge is 2.07. The number of carbonyl (C=O) groups excluding carboxylic acids is 1. The fourth-order valence-corrected chi connectivity index (χ4v) is 1.84. The van der Waals surface area contributed by atoms with Crippen molar-refractivity contribution in [1.29, 1.82) is 0 Å². The largest absolute Gasteiger partial charge is 0.321 e. The Hall–Kier alpha value is -1.58. The Morgan fingerprint density at radius 1 is 1.12 bits per heavy atom. The molecule has 0 aliphatic rings. The van der Waals surface area contributed by atoms with Crippen LogP contribution in [0.4, 0.5) is 5.69 Å². The van der Waals surface area contributed by atoms with Crippen LogP contribution in [0.5, 0.6) is 0 Å². The number of carbonyl (C=O) groups is 1. The van der Waals surface area contributed by atoms with Gasteiger partial charge in [-0.25, -0.2) is 0 Å². The quantitative estimate of drug-likeness (QED) is 0.902. The number of nitrogens with zero attached hydrogens (tertiary/aromatic N) is 1. The summed E-state index contributed by atoms with van der Waals surface area (Å²) in [6.45, 7) is 0. The van der Waals surface area contributed by atoms with E-state index in [1.807, 2.05) is 0 Å². The van der Waals surface area contributed by atoms with Gasteiger partial charge in [-0.1, -0.05) is 29.3 Å². The molecule has 1 aromatic carbocycles. The first kappa shape index (κ1) is 11.9. The number of halogens is 2. The summed E-state index contributed by atoms with van der Waals surface area (Å²) in [5.74, 6) is -0.302. The summed E-state index contributed by atoms with van der Waals surface area (Å²) in [5, 5.41) is 3.60. The fourth-order valence-electron chi connectivity index (χ4n) is 1.32. The third kappa shape index (κ3) is 3.19. The third-order valence-corrected chi connectivity index (χ3v) is 2.45. The van der Waals surface area contributed by atoms with E-state index in [2.05, 4.69) is 10.3 Å². The lowest BCUT2D eigenvalue weighted by molar-refractivity contribution is 0.102. The van der Waals surface area contributed by atoms with Crippen molar-refractivity contribution in [2.45, 2.75) is 0 Å². The normalized spacial score (nSPS) is 10.0. The van der Waals surface area contributed by atoms with Gasteiger partial charge in [0.1, 0.15) is 5.69 Å². The van der Waals surface area contributed by atoms with E-state index in [0.717, 1.165) is 0 Å². The molecule has 0 saturated heterocycles. The van der Waals surface area contributed by atoms with Crippen molar-refractivity contribution in [2.75, 3.05) is 5.32 Å². The zero-order valence-corrected chi connectivity index (χ0v) is 10.2. The summed E-state index contributed by atoms with van der Waals surface area (Å²) in [4.78, 5) is 15.7. The Balaban J connectivity index is 2.19. The summed E-state index contributed by atoms with van der Waals surface area (Å²) in [7, 11) is 0. The molecule has 17 heavy (non-hydrogen) atoms. The van der Waals surface area contributed by atoms with Crippen LogP contribution in [-0.4, -0.2) is 10.9 Å². The van der Waals surface area contributed by atoms with Crippen molar-refractivity contribution in [3.63, 3.8) is 0 Å². The molecule has 0 aliphatic carbocycles. The minimum absolute atomic E-state index is 0.302. The lowest BCUT2D eigenvalue weighted by Crippen LogP contribution is -2.13. The smallest absolute Gasteiger partial charge is 0.274 e. The number of benzene rings is 1. The van der Waals surface area contributed by atoms with Crippen LogP contribution in [0.1, 0.15) is 10.5 Å². The molecule has 0 aliphatic heterocycles. The molecule has 0 radical (unpaired) electrons. The zero-order chi connectivity index (χ0) is 12.3. The van der Waals surface area contributed by atoms with Gasteiger partial charge in [0, 0.05) is 21.9 Å². The van der Waals surface area contributed by atoms with Crippen molar-refractivity contribution in [1.82, 2.24) is 4.98 Å². The minimum Gasteiger partial charge on any atom is -0.321 e. The van der Waals surface area contributed by atoms with Crippen molar-refractivity contribution < 1.29 is 4.79 Å². The number of hydrogen-bond acceptors (Lipinski definition) is 2. The molecule has 1 N–H and O–H groups in total. The molecule has 2 aromatic rings. The van der Waals surface area contributed by atoms with E-state index in [0.29, 0.717) is 21.4 Å². The van der Waals surface area contributed by atoms with E-state index < -0.39 is 0 Å². The van der Waals surface area contributed by atoms with Gasteiger partial charge in [-0.05, 0) is 30.3 Å². The van der Waals surface area contributed by atoms with Crippen LogP contribution in [0.3, 0.4) is 0 Å². The molecule has 3 nitrogen and oxygen atoms in total. The SMILES string of the molecule is O=C(Nc1cc(Cl)cc(Cl)c1)c1ccccn1. The van der Waals surface area contributed by atoms with Gasteiger partial charge >= 0.3 is 0 Å². The maximum absolute atomic E-state index is 11.8. The van der Waals surface area contributed by atoms with E-state index in [-0.39, 0.29) is 5.91 Å². The molecule has 0 saturated carbocycles. The highest BCUT2D eigenvalue weighted by Crippen LogP contribution is 2.22. The van der Waals surface area contributed by atoms with E-state index in [4.69, 9.17) is 23.2 Å². The molecule has 1 heterocycles. The summed E-state index contributed by atoms with van der Waals surface area (Å²) in [5.41, 5.74) is 0.877. The predicted molar refractivity (Wildman–Crippen MR) is 68.7 cm³/mol. The van der Waals surface area contributed by atoms with Gasteiger partial charge in [-0.2, -0.15) is 0 Å². The molecule has 0 fully saturated rings. The van der Waals surface area contributed by atoms with Gasteiger partial charge < -0.3 is 5.32 Å². The second-order valence-corrected chi connectivity index (χ2v) is 4.20. The maximum Gasteiger partial charge on any atom is 0.274 e. The number of amides is 1. The van der Waals surface area contributed by atoms with Gasteiger partial charge in [0.05, 0.1) is 0 Å². The number of rotatable bonds is 2. The highest BCUT2D eigenvalue weighted by molar-refractivity contribution is 6.35. The van der Waals surface area contributed by atoms with Crippen molar-refractivity contribution >= 4 is 34.8 Å². The lowest BCUT2D eigenvalue weighted by atomic mass is 10.3. The van der Waals surface area contributed by atoms with Crippen molar-refractivity contribution in [3.05, 3.63) is 58.3 Å². The van der Waals surface area contributed by atoms with Crippen LogP contribution in [0.25, 0.3) is 0 Å². The monoisotopic (exact) mass is 266 g/mol.